The van der Waals surface area contributed by atoms with Crippen LogP contribution >= 0.6 is 11.8 Å². The normalized spacial score (nSPS) is 24.9. The quantitative estimate of drug-likeness (QED) is 0.735. The molecule has 1 unspecified atom stereocenters. The predicted octanol–water partition coefficient (Wildman–Crippen LogP) is 3.39. The van der Waals surface area contributed by atoms with E-state index in [1.807, 2.05) is 22.7 Å². The fourth-order valence-corrected chi connectivity index (χ4v) is 4.51. The highest BCUT2D eigenvalue weighted by atomic mass is 32.2. The maximum atomic E-state index is 13.9. The van der Waals surface area contributed by atoms with Gasteiger partial charge in [-0.3, -0.25) is 4.79 Å². The third-order valence-electron chi connectivity index (χ3n) is 5.40. The van der Waals surface area contributed by atoms with Crippen LogP contribution in [0.1, 0.15) is 31.2 Å². The summed E-state index contributed by atoms with van der Waals surface area (Å²) < 4.78 is 13.9. The second-order valence-electron chi connectivity index (χ2n) is 7.07. The first-order valence-corrected chi connectivity index (χ1v) is 10.3. The van der Waals surface area contributed by atoms with Crippen LogP contribution in [-0.2, 0) is 11.3 Å². The SMILES string of the molecule is CSCCCN1CCC2(CCCN(Cc3ccccc3F)C2=O)C1. The summed E-state index contributed by atoms with van der Waals surface area (Å²) in [5, 5.41) is 0. The molecule has 2 saturated heterocycles. The van der Waals surface area contributed by atoms with Crippen LogP contribution in [0.15, 0.2) is 24.3 Å². The number of piperidine rings is 1. The van der Waals surface area contributed by atoms with Crippen molar-refractivity contribution in [3.8, 4) is 0 Å². The molecule has 2 aliphatic heterocycles. The van der Waals surface area contributed by atoms with Crippen molar-refractivity contribution in [1.82, 2.24) is 9.80 Å². The smallest absolute Gasteiger partial charge is 0.230 e. The van der Waals surface area contributed by atoms with Gasteiger partial charge in [0.2, 0.25) is 5.91 Å². The van der Waals surface area contributed by atoms with E-state index in [-0.39, 0.29) is 17.1 Å². The van der Waals surface area contributed by atoms with Crippen LogP contribution in [0.2, 0.25) is 0 Å². The first-order chi connectivity index (χ1) is 11.6. The molecule has 3 rings (SSSR count). The molecule has 1 atom stereocenters. The van der Waals surface area contributed by atoms with Crippen molar-refractivity contribution in [2.75, 3.05) is 38.2 Å². The molecule has 2 heterocycles. The number of hydrogen-bond acceptors (Lipinski definition) is 3. The van der Waals surface area contributed by atoms with Gasteiger partial charge in [-0.15, -0.1) is 0 Å². The Hall–Kier alpha value is -1.07. The van der Waals surface area contributed by atoms with Gasteiger partial charge < -0.3 is 9.80 Å². The van der Waals surface area contributed by atoms with E-state index in [2.05, 4.69) is 11.2 Å². The molecule has 2 aliphatic rings. The van der Waals surface area contributed by atoms with Gasteiger partial charge in [-0.25, -0.2) is 4.39 Å². The van der Waals surface area contributed by atoms with E-state index in [1.54, 1.807) is 12.1 Å². The topological polar surface area (TPSA) is 23.6 Å². The average molecular weight is 351 g/mol. The monoisotopic (exact) mass is 350 g/mol. The summed E-state index contributed by atoms with van der Waals surface area (Å²) in [6, 6.07) is 6.79. The number of nitrogens with zero attached hydrogens (tertiary/aromatic N) is 2. The third kappa shape index (κ3) is 3.77. The van der Waals surface area contributed by atoms with E-state index in [0.717, 1.165) is 45.4 Å². The lowest BCUT2D eigenvalue weighted by molar-refractivity contribution is -0.146. The minimum Gasteiger partial charge on any atom is -0.338 e. The van der Waals surface area contributed by atoms with Gasteiger partial charge in [0.05, 0.1) is 5.41 Å². The van der Waals surface area contributed by atoms with E-state index in [4.69, 9.17) is 0 Å². The minimum absolute atomic E-state index is 0.213. The number of rotatable bonds is 6. The van der Waals surface area contributed by atoms with Crippen LogP contribution in [0.5, 0.6) is 0 Å². The molecule has 24 heavy (non-hydrogen) atoms. The second-order valence-corrected chi connectivity index (χ2v) is 8.06. The lowest BCUT2D eigenvalue weighted by atomic mass is 9.78. The predicted molar refractivity (Wildman–Crippen MR) is 97.5 cm³/mol. The Balaban J connectivity index is 1.64. The van der Waals surface area contributed by atoms with Crippen LogP contribution < -0.4 is 0 Å². The number of amides is 1. The van der Waals surface area contributed by atoms with Crippen molar-refractivity contribution in [3.05, 3.63) is 35.6 Å². The molecule has 5 heteroatoms. The molecule has 1 aromatic carbocycles. The largest absolute Gasteiger partial charge is 0.338 e. The first kappa shape index (κ1) is 17.7. The van der Waals surface area contributed by atoms with Crippen molar-refractivity contribution < 1.29 is 9.18 Å². The summed E-state index contributed by atoms with van der Waals surface area (Å²) in [5.41, 5.74) is 0.404. The molecule has 1 aromatic rings. The van der Waals surface area contributed by atoms with Gasteiger partial charge in [0.15, 0.2) is 0 Å². The van der Waals surface area contributed by atoms with Crippen LogP contribution in [0.25, 0.3) is 0 Å². The highest BCUT2D eigenvalue weighted by Gasteiger charge is 2.48. The maximum Gasteiger partial charge on any atom is 0.230 e. The van der Waals surface area contributed by atoms with Crippen LogP contribution in [0, 0.1) is 11.2 Å². The molecule has 0 radical (unpaired) electrons. The lowest BCUT2D eigenvalue weighted by Crippen LogP contribution is -2.49. The van der Waals surface area contributed by atoms with Gasteiger partial charge in [-0.1, -0.05) is 18.2 Å². The zero-order chi connectivity index (χ0) is 17.0. The molecule has 0 N–H and O–H groups in total. The summed E-state index contributed by atoms with van der Waals surface area (Å²) in [6.45, 7) is 4.14. The van der Waals surface area contributed by atoms with Gasteiger partial charge >= 0.3 is 0 Å². The molecule has 1 amide bonds. The standard InChI is InChI=1S/C19H27FN2OS/c1-24-13-5-10-21-12-9-19(15-21)8-4-11-22(18(19)23)14-16-6-2-3-7-17(16)20/h2-3,6-7H,4-5,8-15H2,1H3. The Morgan fingerprint density at radius 1 is 1.25 bits per heavy atom. The molecule has 132 valence electrons. The molecule has 0 aromatic heterocycles. The number of carbonyl (C=O) groups excluding carboxylic acids is 1. The summed E-state index contributed by atoms with van der Waals surface area (Å²) in [7, 11) is 0. The van der Waals surface area contributed by atoms with Gasteiger partial charge in [-0.2, -0.15) is 11.8 Å². The molecular weight excluding hydrogens is 323 g/mol. The van der Waals surface area contributed by atoms with Crippen molar-refractivity contribution in [2.45, 2.75) is 32.2 Å². The van der Waals surface area contributed by atoms with E-state index < -0.39 is 0 Å². The Kier molecular flexibility index (Phi) is 5.82. The van der Waals surface area contributed by atoms with Crippen LogP contribution in [0.4, 0.5) is 4.39 Å². The van der Waals surface area contributed by atoms with Gasteiger partial charge in [-0.05, 0) is 56.8 Å². The van der Waals surface area contributed by atoms with Crippen LogP contribution in [-0.4, -0.2) is 53.9 Å². The Bertz CT molecular complexity index is 582. The molecule has 3 nitrogen and oxygen atoms in total. The zero-order valence-corrected chi connectivity index (χ0v) is 15.3. The maximum absolute atomic E-state index is 13.9. The van der Waals surface area contributed by atoms with E-state index in [0.29, 0.717) is 12.1 Å². The van der Waals surface area contributed by atoms with Crippen LogP contribution in [0.3, 0.4) is 0 Å². The summed E-state index contributed by atoms with van der Waals surface area (Å²) >= 11 is 1.88. The van der Waals surface area contributed by atoms with Crippen molar-refractivity contribution in [3.63, 3.8) is 0 Å². The highest BCUT2D eigenvalue weighted by molar-refractivity contribution is 7.98. The van der Waals surface area contributed by atoms with E-state index in [9.17, 15) is 9.18 Å². The van der Waals surface area contributed by atoms with Gasteiger partial charge in [0.25, 0.3) is 0 Å². The molecule has 0 aliphatic carbocycles. The number of thioether (sulfide) groups is 1. The fraction of sp³-hybridized carbons (Fsp3) is 0.632. The first-order valence-electron chi connectivity index (χ1n) is 8.89. The van der Waals surface area contributed by atoms with E-state index in [1.165, 1.54) is 18.2 Å². The Morgan fingerprint density at radius 2 is 2.08 bits per heavy atom. The third-order valence-corrected chi connectivity index (χ3v) is 6.10. The lowest BCUT2D eigenvalue weighted by Gasteiger charge is -2.39. The molecule has 2 fully saturated rings. The zero-order valence-electron chi connectivity index (χ0n) is 14.5. The average Bonchev–Trinajstić information content (AvgIpc) is 2.98. The molecule has 0 bridgehead atoms. The molecule has 1 spiro atoms. The summed E-state index contributed by atoms with van der Waals surface area (Å²) in [5.74, 6) is 1.20. The number of likely N-dealkylation sites (tertiary alicyclic amines) is 2. The van der Waals surface area contributed by atoms with Crippen molar-refractivity contribution in [2.24, 2.45) is 5.41 Å². The second kappa shape index (κ2) is 7.87. The Labute approximate surface area is 148 Å². The van der Waals surface area contributed by atoms with Gasteiger partial charge in [0, 0.05) is 25.2 Å². The number of halogens is 1. The number of hydrogen-bond donors (Lipinski definition) is 0. The minimum atomic E-state index is -0.219. The molecular formula is C19H27FN2OS. The summed E-state index contributed by atoms with van der Waals surface area (Å²) in [4.78, 5) is 17.4. The van der Waals surface area contributed by atoms with Gasteiger partial charge in [0.1, 0.15) is 5.82 Å². The molecule has 0 saturated carbocycles. The Morgan fingerprint density at radius 3 is 2.88 bits per heavy atom. The number of benzene rings is 1. The van der Waals surface area contributed by atoms with Crippen molar-refractivity contribution >= 4 is 17.7 Å². The van der Waals surface area contributed by atoms with E-state index >= 15 is 0 Å². The highest BCUT2D eigenvalue weighted by Crippen LogP contribution is 2.40. The van der Waals surface area contributed by atoms with Crippen molar-refractivity contribution in [1.29, 1.82) is 0 Å². The number of carbonyl (C=O) groups is 1. The fourth-order valence-electron chi connectivity index (χ4n) is 4.10. The summed E-state index contributed by atoms with van der Waals surface area (Å²) in [6.07, 6.45) is 6.29.